The maximum Gasteiger partial charge on any atom is 0.170 e. The van der Waals surface area contributed by atoms with Crippen LogP contribution in [0.3, 0.4) is 0 Å². The number of benzene rings is 1. The smallest absolute Gasteiger partial charge is 0.170 e. The maximum absolute atomic E-state index is 4.75. The van der Waals surface area contributed by atoms with E-state index >= 15 is 0 Å². The van der Waals surface area contributed by atoms with Gasteiger partial charge < -0.3 is 0 Å². The van der Waals surface area contributed by atoms with Gasteiger partial charge in [-0.3, -0.25) is 4.68 Å². The average molecular weight is 290 g/mol. The summed E-state index contributed by atoms with van der Waals surface area (Å²) in [5, 5.41) is 9.81. The third-order valence-corrected chi connectivity index (χ3v) is 4.44. The molecule has 0 bridgehead atoms. The molecule has 2 atom stereocenters. The molecule has 1 aromatic carbocycles. The molecular weight excluding hydrogens is 276 g/mol. The van der Waals surface area contributed by atoms with Gasteiger partial charge in [0.05, 0.1) is 11.6 Å². The Morgan fingerprint density at radius 1 is 1.09 bits per heavy atom. The molecule has 1 aliphatic rings. The molecule has 1 saturated carbocycles. The van der Waals surface area contributed by atoms with E-state index in [1.54, 1.807) is 21.7 Å². The minimum Gasteiger partial charge on any atom is -0.250 e. The predicted molar refractivity (Wildman–Crippen MR) is 81.6 cm³/mol. The van der Waals surface area contributed by atoms with Crippen molar-refractivity contribution in [3.05, 3.63) is 54.2 Å². The van der Waals surface area contributed by atoms with E-state index in [9.17, 15) is 0 Å². The Bertz CT molecular complexity index is 984. The average Bonchev–Trinajstić information content (AvgIpc) is 3.09. The molecule has 1 aliphatic carbocycles. The van der Waals surface area contributed by atoms with Crippen LogP contribution in [0, 0.1) is 0 Å². The van der Waals surface area contributed by atoms with Crippen molar-refractivity contribution in [1.82, 2.24) is 29.4 Å². The Morgan fingerprint density at radius 2 is 1.95 bits per heavy atom. The van der Waals surface area contributed by atoms with Gasteiger partial charge in [-0.1, -0.05) is 30.3 Å². The lowest BCUT2D eigenvalue weighted by molar-refractivity contribution is 0.781. The fourth-order valence-electron chi connectivity index (χ4n) is 3.16. The zero-order valence-electron chi connectivity index (χ0n) is 12.1. The molecule has 0 radical (unpaired) electrons. The lowest BCUT2D eigenvalue weighted by atomic mass is 10.1. The van der Waals surface area contributed by atoms with Crippen LogP contribution in [0.4, 0.5) is 0 Å². The number of aromatic nitrogens is 6. The molecule has 0 amide bonds. The summed E-state index contributed by atoms with van der Waals surface area (Å²) in [6, 6.07) is 10.6. The van der Waals surface area contributed by atoms with Gasteiger partial charge in [0, 0.05) is 13.0 Å². The summed E-state index contributed by atoms with van der Waals surface area (Å²) in [5.74, 6) is 1.86. The zero-order valence-corrected chi connectivity index (χ0v) is 12.1. The normalized spacial score (nSPS) is 20.8. The van der Waals surface area contributed by atoms with Gasteiger partial charge in [0.25, 0.3) is 0 Å². The minimum atomic E-state index is 0.411. The summed E-state index contributed by atoms with van der Waals surface area (Å²) in [6.07, 6.45) is 4.64. The molecular formula is C16H14N6. The van der Waals surface area contributed by atoms with E-state index in [1.807, 2.05) is 7.05 Å². The first-order valence-corrected chi connectivity index (χ1v) is 7.39. The van der Waals surface area contributed by atoms with Crippen LogP contribution in [0.25, 0.3) is 16.7 Å². The second-order valence-corrected chi connectivity index (χ2v) is 5.85. The fraction of sp³-hybridized carbons (Fsp3) is 0.250. The van der Waals surface area contributed by atoms with E-state index in [0.717, 1.165) is 28.9 Å². The number of hydrogen-bond acceptors (Lipinski definition) is 4. The van der Waals surface area contributed by atoms with E-state index in [2.05, 4.69) is 45.5 Å². The van der Waals surface area contributed by atoms with E-state index in [-0.39, 0.29) is 0 Å². The van der Waals surface area contributed by atoms with E-state index in [0.29, 0.717) is 11.8 Å². The molecule has 5 rings (SSSR count). The van der Waals surface area contributed by atoms with Gasteiger partial charge in [0.15, 0.2) is 17.1 Å². The molecule has 0 spiro atoms. The van der Waals surface area contributed by atoms with Crippen molar-refractivity contribution in [3.63, 3.8) is 0 Å². The summed E-state index contributed by atoms with van der Waals surface area (Å²) >= 11 is 0. The summed E-state index contributed by atoms with van der Waals surface area (Å²) in [5.41, 5.74) is 3.05. The molecule has 3 heterocycles. The van der Waals surface area contributed by atoms with Crippen LogP contribution in [-0.4, -0.2) is 29.4 Å². The summed E-state index contributed by atoms with van der Waals surface area (Å²) < 4.78 is 3.52. The number of hydrogen-bond donors (Lipinski definition) is 0. The summed E-state index contributed by atoms with van der Waals surface area (Å²) in [7, 11) is 1.88. The largest absolute Gasteiger partial charge is 0.250 e. The number of fused-ring (bicyclic) bond motifs is 3. The van der Waals surface area contributed by atoms with Crippen LogP contribution < -0.4 is 0 Å². The third kappa shape index (κ3) is 1.60. The highest BCUT2D eigenvalue weighted by atomic mass is 15.3. The highest BCUT2D eigenvalue weighted by molar-refractivity contribution is 5.88. The molecule has 108 valence electrons. The molecule has 0 saturated heterocycles. The van der Waals surface area contributed by atoms with Gasteiger partial charge in [0.1, 0.15) is 6.33 Å². The van der Waals surface area contributed by atoms with Crippen LogP contribution in [-0.2, 0) is 7.05 Å². The maximum atomic E-state index is 4.75. The fourth-order valence-corrected chi connectivity index (χ4v) is 3.16. The van der Waals surface area contributed by atoms with Crippen molar-refractivity contribution in [1.29, 1.82) is 0 Å². The standard InChI is InChI=1S/C16H14N6/c1-21-15-13(8-18-21)16-19-14(20-22(16)9-17-15)12-7-11(12)10-5-3-2-4-6-10/h2-6,8-9,11-12H,7H2,1H3. The molecule has 0 N–H and O–H groups in total. The van der Waals surface area contributed by atoms with Gasteiger partial charge in [-0.05, 0) is 17.9 Å². The Balaban J connectivity index is 1.58. The van der Waals surface area contributed by atoms with E-state index in [4.69, 9.17) is 4.98 Å². The molecule has 22 heavy (non-hydrogen) atoms. The number of aryl methyl sites for hydroxylation is 1. The van der Waals surface area contributed by atoms with Crippen molar-refractivity contribution in [2.24, 2.45) is 7.05 Å². The number of nitrogens with zero attached hydrogens (tertiary/aromatic N) is 6. The topological polar surface area (TPSA) is 60.9 Å². The van der Waals surface area contributed by atoms with Crippen molar-refractivity contribution in [2.75, 3.05) is 0 Å². The molecule has 2 unspecified atom stereocenters. The monoisotopic (exact) mass is 290 g/mol. The Labute approximate surface area is 126 Å². The first-order valence-electron chi connectivity index (χ1n) is 7.39. The Hall–Kier alpha value is -2.76. The van der Waals surface area contributed by atoms with Crippen molar-refractivity contribution in [3.8, 4) is 0 Å². The van der Waals surface area contributed by atoms with Crippen LogP contribution in [0.15, 0.2) is 42.9 Å². The van der Waals surface area contributed by atoms with Crippen LogP contribution in [0.1, 0.15) is 29.6 Å². The highest BCUT2D eigenvalue weighted by Crippen LogP contribution is 2.53. The predicted octanol–water partition coefficient (Wildman–Crippen LogP) is 2.28. The first-order chi connectivity index (χ1) is 10.8. The van der Waals surface area contributed by atoms with E-state index in [1.165, 1.54) is 5.56 Å². The van der Waals surface area contributed by atoms with Gasteiger partial charge >= 0.3 is 0 Å². The van der Waals surface area contributed by atoms with Gasteiger partial charge in [-0.25, -0.2) is 14.5 Å². The van der Waals surface area contributed by atoms with E-state index < -0.39 is 0 Å². The van der Waals surface area contributed by atoms with Crippen LogP contribution in [0.5, 0.6) is 0 Å². The molecule has 6 heteroatoms. The third-order valence-electron chi connectivity index (χ3n) is 4.44. The van der Waals surface area contributed by atoms with Crippen molar-refractivity contribution < 1.29 is 0 Å². The summed E-state index contributed by atoms with van der Waals surface area (Å²) in [4.78, 5) is 9.15. The lowest BCUT2D eigenvalue weighted by Crippen LogP contribution is -1.95. The summed E-state index contributed by atoms with van der Waals surface area (Å²) in [6.45, 7) is 0. The molecule has 1 fully saturated rings. The van der Waals surface area contributed by atoms with Crippen molar-refractivity contribution >= 4 is 16.7 Å². The lowest BCUT2D eigenvalue weighted by Gasteiger charge is -1.96. The van der Waals surface area contributed by atoms with Crippen LogP contribution in [0.2, 0.25) is 0 Å². The van der Waals surface area contributed by atoms with Gasteiger partial charge in [-0.15, -0.1) is 5.10 Å². The molecule has 0 aliphatic heterocycles. The SMILES string of the molecule is Cn1ncc2c1ncn1nc(C3CC3c3ccccc3)nc21. The second kappa shape index (κ2) is 4.13. The quantitative estimate of drug-likeness (QED) is 0.568. The van der Waals surface area contributed by atoms with Gasteiger partial charge in [-0.2, -0.15) is 5.10 Å². The number of rotatable bonds is 2. The second-order valence-electron chi connectivity index (χ2n) is 5.85. The molecule has 4 aromatic rings. The van der Waals surface area contributed by atoms with Crippen molar-refractivity contribution in [2.45, 2.75) is 18.3 Å². The first kappa shape index (κ1) is 11.9. The Kier molecular flexibility index (Phi) is 2.22. The van der Waals surface area contributed by atoms with Gasteiger partial charge in [0.2, 0.25) is 0 Å². The van der Waals surface area contributed by atoms with Crippen LogP contribution >= 0.6 is 0 Å². The Morgan fingerprint density at radius 3 is 2.82 bits per heavy atom. The molecule has 6 nitrogen and oxygen atoms in total. The highest BCUT2D eigenvalue weighted by Gasteiger charge is 2.42. The molecule has 3 aromatic heterocycles. The zero-order chi connectivity index (χ0) is 14.7. The minimum absolute atomic E-state index is 0.411.